The van der Waals surface area contributed by atoms with E-state index in [4.69, 9.17) is 15.0 Å². The highest BCUT2D eigenvalue weighted by Crippen LogP contribution is 2.21. The minimum atomic E-state index is -1.24. The van der Waals surface area contributed by atoms with Crippen LogP contribution in [0.25, 0.3) is 11.2 Å². The summed E-state index contributed by atoms with van der Waals surface area (Å²) in [6, 6.07) is -0.792. The molecule has 1 aliphatic heterocycles. The SMILES string of the molecule is Cc1noc(C)c1C(=O)N[C@@H]1CO[C@H](Cn2cnc3c(N)ncnc32)[C@@H](O)[C@H]1O. The fourth-order valence-electron chi connectivity index (χ4n) is 3.44. The summed E-state index contributed by atoms with van der Waals surface area (Å²) in [4.78, 5) is 24.7. The Labute approximate surface area is 164 Å². The zero-order chi connectivity index (χ0) is 20.7. The van der Waals surface area contributed by atoms with E-state index >= 15 is 0 Å². The third-order valence-electron chi connectivity index (χ3n) is 5.02. The van der Waals surface area contributed by atoms with Crippen molar-refractivity contribution < 1.29 is 24.3 Å². The summed E-state index contributed by atoms with van der Waals surface area (Å²) in [6.07, 6.45) is -0.360. The Morgan fingerprint density at radius 1 is 1.31 bits per heavy atom. The van der Waals surface area contributed by atoms with Crippen LogP contribution in [0.2, 0.25) is 0 Å². The molecule has 4 atom stereocenters. The molecule has 0 aromatic carbocycles. The van der Waals surface area contributed by atoms with Crippen LogP contribution in [0, 0.1) is 13.8 Å². The number of aliphatic hydroxyl groups excluding tert-OH is 2. The monoisotopic (exact) mass is 403 g/mol. The van der Waals surface area contributed by atoms with Crippen molar-refractivity contribution in [1.82, 2.24) is 30.0 Å². The van der Waals surface area contributed by atoms with Crippen LogP contribution >= 0.6 is 0 Å². The Morgan fingerprint density at radius 2 is 2.10 bits per heavy atom. The maximum Gasteiger partial charge on any atom is 0.257 e. The number of aromatic nitrogens is 5. The fourth-order valence-corrected chi connectivity index (χ4v) is 3.44. The maximum atomic E-state index is 12.5. The topological polar surface area (TPSA) is 174 Å². The molecule has 4 rings (SSSR count). The summed E-state index contributed by atoms with van der Waals surface area (Å²) in [6.45, 7) is 3.48. The van der Waals surface area contributed by atoms with Gasteiger partial charge in [-0.3, -0.25) is 4.79 Å². The van der Waals surface area contributed by atoms with Gasteiger partial charge in [-0.05, 0) is 13.8 Å². The number of amides is 1. The number of fused-ring (bicyclic) bond motifs is 1. The Balaban J connectivity index is 1.45. The highest BCUT2D eigenvalue weighted by atomic mass is 16.5. The number of carbonyl (C=O) groups excluding carboxylic acids is 1. The van der Waals surface area contributed by atoms with E-state index in [1.165, 1.54) is 12.7 Å². The average molecular weight is 403 g/mol. The molecule has 0 radical (unpaired) electrons. The van der Waals surface area contributed by atoms with Crippen molar-refractivity contribution in [3.05, 3.63) is 29.7 Å². The van der Waals surface area contributed by atoms with Crippen molar-refractivity contribution in [2.45, 2.75) is 44.7 Å². The number of nitrogens with zero attached hydrogens (tertiary/aromatic N) is 5. The van der Waals surface area contributed by atoms with Crippen molar-refractivity contribution in [3.8, 4) is 0 Å². The van der Waals surface area contributed by atoms with Crippen LogP contribution in [0.4, 0.5) is 5.82 Å². The quantitative estimate of drug-likeness (QED) is 0.420. The van der Waals surface area contributed by atoms with Crippen molar-refractivity contribution in [3.63, 3.8) is 0 Å². The van der Waals surface area contributed by atoms with E-state index in [1.54, 1.807) is 18.4 Å². The number of nitrogens with two attached hydrogens (primary N) is 1. The molecule has 1 fully saturated rings. The van der Waals surface area contributed by atoms with Crippen LogP contribution in [0.3, 0.4) is 0 Å². The molecule has 12 heteroatoms. The van der Waals surface area contributed by atoms with Crippen LogP contribution < -0.4 is 11.1 Å². The summed E-state index contributed by atoms with van der Waals surface area (Å²) < 4.78 is 12.4. The van der Waals surface area contributed by atoms with Gasteiger partial charge in [-0.15, -0.1) is 0 Å². The van der Waals surface area contributed by atoms with Gasteiger partial charge in [0.05, 0.1) is 31.2 Å². The Morgan fingerprint density at radius 3 is 2.83 bits per heavy atom. The predicted molar refractivity (Wildman–Crippen MR) is 98.7 cm³/mol. The number of nitrogens with one attached hydrogen (secondary N) is 1. The van der Waals surface area contributed by atoms with Crippen LogP contribution in [0.5, 0.6) is 0 Å². The van der Waals surface area contributed by atoms with Gasteiger partial charge in [-0.2, -0.15) is 0 Å². The number of hydrogen-bond donors (Lipinski definition) is 4. The minimum absolute atomic E-state index is 0.0156. The first-order valence-electron chi connectivity index (χ1n) is 8.99. The van der Waals surface area contributed by atoms with Gasteiger partial charge in [-0.25, -0.2) is 15.0 Å². The molecule has 3 aromatic rings. The van der Waals surface area contributed by atoms with Gasteiger partial charge in [0.1, 0.15) is 41.5 Å². The molecule has 12 nitrogen and oxygen atoms in total. The van der Waals surface area contributed by atoms with Gasteiger partial charge in [-0.1, -0.05) is 5.16 Å². The lowest BCUT2D eigenvalue weighted by Crippen LogP contribution is -2.60. The normalized spacial score (nSPS) is 24.7. The van der Waals surface area contributed by atoms with E-state index in [-0.39, 0.29) is 19.0 Å². The molecule has 0 aliphatic carbocycles. The molecule has 3 aromatic heterocycles. The second-order valence-corrected chi connectivity index (χ2v) is 6.96. The van der Waals surface area contributed by atoms with E-state index in [2.05, 4.69) is 25.4 Å². The van der Waals surface area contributed by atoms with Gasteiger partial charge in [0.25, 0.3) is 5.91 Å². The second-order valence-electron chi connectivity index (χ2n) is 6.96. The van der Waals surface area contributed by atoms with Gasteiger partial charge >= 0.3 is 0 Å². The van der Waals surface area contributed by atoms with Gasteiger partial charge in [0.15, 0.2) is 11.5 Å². The molecule has 0 unspecified atom stereocenters. The van der Waals surface area contributed by atoms with Crippen molar-refractivity contribution in [2.75, 3.05) is 12.3 Å². The molecule has 0 bridgehead atoms. The number of anilines is 1. The number of ether oxygens (including phenoxy) is 1. The molecular formula is C17H21N7O5. The van der Waals surface area contributed by atoms with Gasteiger partial charge in [0.2, 0.25) is 0 Å². The van der Waals surface area contributed by atoms with Crippen molar-refractivity contribution in [2.24, 2.45) is 0 Å². The van der Waals surface area contributed by atoms with Crippen LogP contribution in [0.1, 0.15) is 21.8 Å². The summed E-state index contributed by atoms with van der Waals surface area (Å²) >= 11 is 0. The molecule has 1 saturated heterocycles. The molecule has 29 heavy (non-hydrogen) atoms. The maximum absolute atomic E-state index is 12.5. The molecule has 154 valence electrons. The third-order valence-corrected chi connectivity index (χ3v) is 5.02. The summed E-state index contributed by atoms with van der Waals surface area (Å²) in [5, 5.41) is 27.5. The summed E-state index contributed by atoms with van der Waals surface area (Å²) in [5.74, 6) is 0.172. The molecule has 5 N–H and O–H groups in total. The number of imidazole rings is 1. The molecule has 1 amide bonds. The van der Waals surface area contributed by atoms with E-state index in [0.717, 1.165) is 0 Å². The molecule has 0 spiro atoms. The lowest BCUT2D eigenvalue weighted by Gasteiger charge is -2.38. The number of nitrogen functional groups attached to an aromatic ring is 1. The van der Waals surface area contributed by atoms with E-state index in [9.17, 15) is 15.0 Å². The van der Waals surface area contributed by atoms with Gasteiger partial charge in [0, 0.05) is 0 Å². The number of aryl methyl sites for hydroxylation is 2. The van der Waals surface area contributed by atoms with E-state index in [0.29, 0.717) is 28.2 Å². The molecule has 0 saturated carbocycles. The first kappa shape index (κ1) is 19.2. The van der Waals surface area contributed by atoms with Crippen LogP contribution in [-0.4, -0.2) is 71.8 Å². The fraction of sp³-hybridized carbons (Fsp3) is 0.471. The largest absolute Gasteiger partial charge is 0.388 e. The predicted octanol–water partition coefficient (Wildman–Crippen LogP) is -1.07. The van der Waals surface area contributed by atoms with Crippen molar-refractivity contribution >= 4 is 22.9 Å². The summed E-state index contributed by atoms with van der Waals surface area (Å²) in [5.41, 5.74) is 7.47. The van der Waals surface area contributed by atoms with Crippen molar-refractivity contribution in [1.29, 1.82) is 0 Å². The highest BCUT2D eigenvalue weighted by molar-refractivity contribution is 5.96. The molecular weight excluding hydrogens is 382 g/mol. The zero-order valence-corrected chi connectivity index (χ0v) is 15.8. The first-order chi connectivity index (χ1) is 13.9. The minimum Gasteiger partial charge on any atom is -0.388 e. The lowest BCUT2D eigenvalue weighted by molar-refractivity contribution is -0.152. The number of carbonyl (C=O) groups is 1. The van der Waals surface area contributed by atoms with E-state index in [1.807, 2.05) is 0 Å². The average Bonchev–Trinajstić information content (AvgIpc) is 3.25. The Hall–Kier alpha value is -3.09. The number of hydrogen-bond acceptors (Lipinski definition) is 10. The second kappa shape index (κ2) is 7.39. The number of rotatable bonds is 4. The van der Waals surface area contributed by atoms with Gasteiger partial charge < -0.3 is 35.1 Å². The molecule has 4 heterocycles. The highest BCUT2D eigenvalue weighted by Gasteiger charge is 2.40. The first-order valence-corrected chi connectivity index (χ1v) is 8.99. The zero-order valence-electron chi connectivity index (χ0n) is 15.8. The molecule has 1 aliphatic rings. The standard InChI is InChI=1S/C17H21N7O5/c1-7-11(8(2)29-23-7)17(27)22-9-4-28-10(14(26)13(9)25)3-24-6-21-12-15(18)19-5-20-16(12)24/h5-6,9-10,13-14,25-26H,3-4H2,1-2H3,(H,22,27)(H2,18,19,20)/t9-,10-,13+,14-/m1/s1. The summed E-state index contributed by atoms with van der Waals surface area (Å²) in [7, 11) is 0. The third kappa shape index (κ3) is 3.41. The Kier molecular flexibility index (Phi) is 4.90. The lowest BCUT2D eigenvalue weighted by atomic mass is 9.97. The van der Waals surface area contributed by atoms with Crippen LogP contribution in [-0.2, 0) is 11.3 Å². The Bertz CT molecular complexity index is 1030. The smallest absolute Gasteiger partial charge is 0.257 e. The van der Waals surface area contributed by atoms with Crippen LogP contribution in [0.15, 0.2) is 17.2 Å². The number of aliphatic hydroxyl groups is 2. The van der Waals surface area contributed by atoms with E-state index < -0.39 is 30.3 Å².